The minimum atomic E-state index is -0.118. The van der Waals surface area contributed by atoms with E-state index in [4.69, 9.17) is 14.2 Å². The molecule has 0 aliphatic carbocycles. The predicted molar refractivity (Wildman–Crippen MR) is 91.8 cm³/mol. The maximum atomic E-state index is 12.0. The van der Waals surface area contributed by atoms with E-state index in [1.54, 1.807) is 25.4 Å². The summed E-state index contributed by atoms with van der Waals surface area (Å²) in [5, 5.41) is 2.76. The largest absolute Gasteiger partial charge is 0.497 e. The van der Waals surface area contributed by atoms with E-state index in [9.17, 15) is 4.79 Å². The van der Waals surface area contributed by atoms with Gasteiger partial charge >= 0.3 is 0 Å². The third-order valence-corrected chi connectivity index (χ3v) is 3.20. The summed E-state index contributed by atoms with van der Waals surface area (Å²) in [6, 6.07) is 10.9. The van der Waals surface area contributed by atoms with Crippen LogP contribution in [0.15, 0.2) is 42.6 Å². The number of hydrogen-bond acceptors (Lipinski definition) is 5. The number of aromatic nitrogens is 1. The molecule has 1 aromatic heterocycles. The van der Waals surface area contributed by atoms with Crippen LogP contribution in [-0.4, -0.2) is 31.2 Å². The number of benzene rings is 1. The zero-order valence-corrected chi connectivity index (χ0v) is 14.0. The van der Waals surface area contributed by atoms with Crippen molar-refractivity contribution >= 4 is 11.7 Å². The Bertz CT molecular complexity index is 644. The van der Waals surface area contributed by atoms with Gasteiger partial charge in [0, 0.05) is 12.6 Å². The third kappa shape index (κ3) is 5.46. The molecule has 0 spiro atoms. The van der Waals surface area contributed by atoms with Gasteiger partial charge in [-0.3, -0.25) is 4.79 Å². The summed E-state index contributed by atoms with van der Waals surface area (Å²) in [7, 11) is 1.62. The number of anilines is 1. The number of carbonyl (C=O) groups excluding carboxylic acids is 1. The lowest BCUT2D eigenvalue weighted by molar-refractivity contribution is -0.116. The number of methoxy groups -OCH3 is 1. The lowest BCUT2D eigenvalue weighted by Crippen LogP contribution is -2.14. The highest BCUT2D eigenvalue weighted by atomic mass is 16.5. The molecule has 24 heavy (non-hydrogen) atoms. The van der Waals surface area contributed by atoms with Gasteiger partial charge in [-0.1, -0.05) is 0 Å². The molecule has 0 unspecified atom stereocenters. The molecule has 6 heteroatoms. The van der Waals surface area contributed by atoms with Gasteiger partial charge in [0.2, 0.25) is 5.91 Å². The Morgan fingerprint density at radius 1 is 1.12 bits per heavy atom. The first-order valence-electron chi connectivity index (χ1n) is 7.87. The molecular weight excluding hydrogens is 308 g/mol. The standard InChI is InChI=1S/C18H22N2O4/c1-3-23-16-6-4-12-19-18(16)20-17(21)7-5-13-24-15-10-8-14(22-2)9-11-15/h4,6,8-12H,3,5,7,13H2,1-2H3,(H,19,20,21). The van der Waals surface area contributed by atoms with E-state index in [-0.39, 0.29) is 5.91 Å². The van der Waals surface area contributed by atoms with E-state index in [1.807, 2.05) is 31.2 Å². The minimum absolute atomic E-state index is 0.118. The maximum absolute atomic E-state index is 12.0. The van der Waals surface area contributed by atoms with E-state index >= 15 is 0 Å². The third-order valence-electron chi connectivity index (χ3n) is 3.20. The van der Waals surface area contributed by atoms with Crippen molar-refractivity contribution in [3.8, 4) is 17.2 Å². The molecule has 0 atom stereocenters. The number of amides is 1. The Labute approximate surface area is 141 Å². The van der Waals surface area contributed by atoms with E-state index in [1.165, 1.54) is 0 Å². The Morgan fingerprint density at radius 2 is 1.88 bits per heavy atom. The Balaban J connectivity index is 1.73. The van der Waals surface area contributed by atoms with E-state index < -0.39 is 0 Å². The molecule has 0 aliphatic rings. The van der Waals surface area contributed by atoms with Gasteiger partial charge in [-0.05, 0) is 49.7 Å². The zero-order valence-electron chi connectivity index (χ0n) is 14.0. The second-order valence-corrected chi connectivity index (χ2v) is 4.96. The molecule has 0 bridgehead atoms. The molecule has 0 fully saturated rings. The SMILES string of the molecule is CCOc1cccnc1NC(=O)CCCOc1ccc(OC)cc1. The predicted octanol–water partition coefficient (Wildman–Crippen LogP) is 3.29. The van der Waals surface area contributed by atoms with Crippen LogP contribution in [-0.2, 0) is 4.79 Å². The average molecular weight is 330 g/mol. The molecule has 0 aliphatic heterocycles. The van der Waals surface area contributed by atoms with Crippen molar-refractivity contribution in [3.05, 3.63) is 42.6 Å². The molecule has 1 heterocycles. The van der Waals surface area contributed by atoms with Gasteiger partial charge in [-0.25, -0.2) is 4.98 Å². The Morgan fingerprint density at radius 3 is 2.58 bits per heavy atom. The van der Waals surface area contributed by atoms with Crippen molar-refractivity contribution in [2.24, 2.45) is 0 Å². The number of rotatable bonds is 9. The highest BCUT2D eigenvalue weighted by molar-refractivity contribution is 5.91. The van der Waals surface area contributed by atoms with Crippen molar-refractivity contribution in [1.29, 1.82) is 0 Å². The van der Waals surface area contributed by atoms with Crippen LogP contribution in [0.25, 0.3) is 0 Å². The first kappa shape index (κ1) is 17.6. The van der Waals surface area contributed by atoms with Gasteiger partial charge in [0.25, 0.3) is 0 Å². The number of pyridine rings is 1. The minimum Gasteiger partial charge on any atom is -0.497 e. The number of hydrogen-bond donors (Lipinski definition) is 1. The summed E-state index contributed by atoms with van der Waals surface area (Å²) in [4.78, 5) is 16.1. The molecule has 0 saturated carbocycles. The molecule has 0 saturated heterocycles. The van der Waals surface area contributed by atoms with Crippen LogP contribution >= 0.6 is 0 Å². The topological polar surface area (TPSA) is 69.7 Å². The Hall–Kier alpha value is -2.76. The maximum Gasteiger partial charge on any atom is 0.225 e. The van der Waals surface area contributed by atoms with Crippen LogP contribution in [0.5, 0.6) is 17.2 Å². The van der Waals surface area contributed by atoms with Crippen molar-refractivity contribution in [2.45, 2.75) is 19.8 Å². The molecule has 2 rings (SSSR count). The molecule has 1 amide bonds. The Kier molecular flexibility index (Phi) is 6.89. The molecular formula is C18H22N2O4. The summed E-state index contributed by atoms with van der Waals surface area (Å²) in [5.74, 6) is 2.43. The average Bonchev–Trinajstić information content (AvgIpc) is 2.61. The number of nitrogens with zero attached hydrogens (tertiary/aromatic N) is 1. The highest BCUT2D eigenvalue weighted by Gasteiger charge is 2.08. The highest BCUT2D eigenvalue weighted by Crippen LogP contribution is 2.21. The monoisotopic (exact) mass is 330 g/mol. The lowest BCUT2D eigenvalue weighted by atomic mass is 10.3. The van der Waals surface area contributed by atoms with E-state index in [0.29, 0.717) is 37.6 Å². The van der Waals surface area contributed by atoms with Crippen LogP contribution in [0.3, 0.4) is 0 Å². The number of ether oxygens (including phenoxy) is 3. The lowest BCUT2D eigenvalue weighted by Gasteiger charge is -2.10. The van der Waals surface area contributed by atoms with Gasteiger partial charge in [0.05, 0.1) is 20.3 Å². The quantitative estimate of drug-likeness (QED) is 0.715. The van der Waals surface area contributed by atoms with Crippen LogP contribution in [0, 0.1) is 0 Å². The molecule has 6 nitrogen and oxygen atoms in total. The normalized spacial score (nSPS) is 10.1. The van der Waals surface area contributed by atoms with Crippen LogP contribution in [0.2, 0.25) is 0 Å². The van der Waals surface area contributed by atoms with E-state index in [2.05, 4.69) is 10.3 Å². The fourth-order valence-electron chi connectivity index (χ4n) is 2.05. The first-order chi connectivity index (χ1) is 11.7. The van der Waals surface area contributed by atoms with Gasteiger partial charge in [0.1, 0.15) is 11.5 Å². The smallest absolute Gasteiger partial charge is 0.225 e. The fourth-order valence-corrected chi connectivity index (χ4v) is 2.05. The summed E-state index contributed by atoms with van der Waals surface area (Å²) < 4.78 is 16.1. The molecule has 1 N–H and O–H groups in total. The summed E-state index contributed by atoms with van der Waals surface area (Å²) in [6.07, 6.45) is 2.57. The summed E-state index contributed by atoms with van der Waals surface area (Å²) in [5.41, 5.74) is 0. The van der Waals surface area contributed by atoms with Crippen molar-refractivity contribution < 1.29 is 19.0 Å². The first-order valence-corrected chi connectivity index (χ1v) is 7.87. The van der Waals surface area contributed by atoms with Gasteiger partial charge in [0.15, 0.2) is 11.6 Å². The number of nitrogens with one attached hydrogen (secondary N) is 1. The fraction of sp³-hybridized carbons (Fsp3) is 0.333. The molecule has 0 radical (unpaired) electrons. The van der Waals surface area contributed by atoms with Crippen molar-refractivity contribution in [3.63, 3.8) is 0 Å². The van der Waals surface area contributed by atoms with Crippen molar-refractivity contribution in [2.75, 3.05) is 25.6 Å². The zero-order chi connectivity index (χ0) is 17.2. The van der Waals surface area contributed by atoms with Gasteiger partial charge in [-0.15, -0.1) is 0 Å². The summed E-state index contributed by atoms with van der Waals surface area (Å²) >= 11 is 0. The second-order valence-electron chi connectivity index (χ2n) is 4.96. The van der Waals surface area contributed by atoms with Gasteiger partial charge in [-0.2, -0.15) is 0 Å². The van der Waals surface area contributed by atoms with Crippen molar-refractivity contribution in [1.82, 2.24) is 4.98 Å². The summed E-state index contributed by atoms with van der Waals surface area (Å²) in [6.45, 7) is 2.86. The van der Waals surface area contributed by atoms with Gasteiger partial charge < -0.3 is 19.5 Å². The van der Waals surface area contributed by atoms with E-state index in [0.717, 1.165) is 11.5 Å². The second kappa shape index (κ2) is 9.39. The van der Waals surface area contributed by atoms with Crippen LogP contribution < -0.4 is 19.5 Å². The number of carbonyl (C=O) groups is 1. The molecule has 2 aromatic rings. The molecule has 1 aromatic carbocycles. The molecule has 128 valence electrons. The van der Waals surface area contributed by atoms with Crippen LogP contribution in [0.1, 0.15) is 19.8 Å². The van der Waals surface area contributed by atoms with Crippen LogP contribution in [0.4, 0.5) is 5.82 Å².